The Kier molecular flexibility index (Phi) is 5.24. The summed E-state index contributed by atoms with van der Waals surface area (Å²) < 4.78 is 19.1. The third-order valence-corrected chi connectivity index (χ3v) is 4.52. The summed E-state index contributed by atoms with van der Waals surface area (Å²) in [7, 11) is 0. The monoisotopic (exact) mass is 390 g/mol. The Morgan fingerprint density at radius 3 is 2.38 bits per heavy atom. The maximum absolute atomic E-state index is 13.4. The summed E-state index contributed by atoms with van der Waals surface area (Å²) in [6, 6.07) is 19.4. The summed E-state index contributed by atoms with van der Waals surface area (Å²) in [5, 5.41) is 5.64. The molecule has 0 bridgehead atoms. The zero-order valence-electron chi connectivity index (χ0n) is 15.5. The molecule has 0 spiro atoms. The zero-order chi connectivity index (χ0) is 20.2. The number of carbonyl (C=O) groups is 2. The van der Waals surface area contributed by atoms with E-state index in [9.17, 15) is 14.0 Å². The van der Waals surface area contributed by atoms with Crippen molar-refractivity contribution in [2.24, 2.45) is 5.92 Å². The number of hydrogen-bond acceptors (Lipinski definition) is 3. The van der Waals surface area contributed by atoms with Gasteiger partial charge in [0.25, 0.3) is 5.91 Å². The minimum atomic E-state index is -0.405. The lowest BCUT2D eigenvalue weighted by atomic mass is 10.2. The SMILES string of the molecule is O=C(Nc1ccccc1Oc1cccc(F)c1)c1ccc(NC(=O)C2CC2)cc1. The molecule has 5 nitrogen and oxygen atoms in total. The normalized spacial score (nSPS) is 12.9. The second kappa shape index (κ2) is 8.14. The summed E-state index contributed by atoms with van der Waals surface area (Å²) in [6.45, 7) is 0. The standard InChI is InChI=1S/C23H19FN2O3/c24-17-4-3-5-19(14-17)29-21-7-2-1-6-20(21)26-23(28)16-10-12-18(13-11-16)25-22(27)15-8-9-15/h1-7,10-15H,8-9H2,(H,25,27)(H,26,28). The number of benzene rings is 3. The summed E-state index contributed by atoms with van der Waals surface area (Å²) in [5.74, 6) is 0.152. The van der Waals surface area contributed by atoms with E-state index >= 15 is 0 Å². The molecule has 3 aromatic rings. The van der Waals surface area contributed by atoms with Gasteiger partial charge in [-0.15, -0.1) is 0 Å². The molecule has 0 heterocycles. The first-order chi connectivity index (χ1) is 14.1. The molecule has 29 heavy (non-hydrogen) atoms. The number of amides is 2. The molecule has 1 saturated carbocycles. The maximum Gasteiger partial charge on any atom is 0.255 e. The fourth-order valence-corrected chi connectivity index (χ4v) is 2.81. The number of carbonyl (C=O) groups excluding carboxylic acids is 2. The van der Waals surface area contributed by atoms with Crippen LogP contribution in [-0.4, -0.2) is 11.8 Å². The van der Waals surface area contributed by atoms with Gasteiger partial charge in [0.2, 0.25) is 5.91 Å². The van der Waals surface area contributed by atoms with Crippen molar-refractivity contribution in [3.05, 3.63) is 84.2 Å². The Bertz CT molecular complexity index is 1050. The Morgan fingerprint density at radius 1 is 0.897 bits per heavy atom. The number of nitrogens with one attached hydrogen (secondary N) is 2. The first-order valence-electron chi connectivity index (χ1n) is 9.33. The van der Waals surface area contributed by atoms with Gasteiger partial charge < -0.3 is 15.4 Å². The van der Waals surface area contributed by atoms with Gasteiger partial charge in [0.05, 0.1) is 5.69 Å². The van der Waals surface area contributed by atoms with Gasteiger partial charge in [-0.25, -0.2) is 4.39 Å². The molecule has 146 valence electrons. The highest BCUT2D eigenvalue weighted by Gasteiger charge is 2.29. The number of halogens is 1. The molecule has 0 aromatic heterocycles. The maximum atomic E-state index is 13.4. The summed E-state index contributed by atoms with van der Waals surface area (Å²) in [4.78, 5) is 24.4. The largest absolute Gasteiger partial charge is 0.455 e. The van der Waals surface area contributed by atoms with Crippen molar-refractivity contribution in [2.45, 2.75) is 12.8 Å². The molecule has 0 radical (unpaired) electrons. The van der Waals surface area contributed by atoms with Gasteiger partial charge in [-0.3, -0.25) is 9.59 Å². The van der Waals surface area contributed by atoms with Crippen molar-refractivity contribution in [1.82, 2.24) is 0 Å². The Labute approximate surface area is 167 Å². The van der Waals surface area contributed by atoms with Crippen LogP contribution in [0.25, 0.3) is 0 Å². The van der Waals surface area contributed by atoms with Crippen molar-refractivity contribution in [3.8, 4) is 11.5 Å². The molecule has 3 aromatic carbocycles. The van der Waals surface area contributed by atoms with Crippen LogP contribution >= 0.6 is 0 Å². The van der Waals surface area contributed by atoms with E-state index in [1.807, 2.05) is 0 Å². The number of anilines is 2. The van der Waals surface area contributed by atoms with Gasteiger partial charge in [-0.1, -0.05) is 18.2 Å². The second-order valence-electron chi connectivity index (χ2n) is 6.85. The lowest BCUT2D eigenvalue weighted by Gasteiger charge is -2.12. The van der Waals surface area contributed by atoms with Gasteiger partial charge in [-0.2, -0.15) is 0 Å². The van der Waals surface area contributed by atoms with E-state index < -0.39 is 5.82 Å². The molecule has 1 aliphatic carbocycles. The molecule has 2 amide bonds. The van der Waals surface area contributed by atoms with E-state index in [1.54, 1.807) is 60.7 Å². The van der Waals surface area contributed by atoms with Crippen LogP contribution in [0.3, 0.4) is 0 Å². The zero-order valence-corrected chi connectivity index (χ0v) is 15.5. The minimum absolute atomic E-state index is 0.0191. The molecule has 4 rings (SSSR count). The minimum Gasteiger partial charge on any atom is -0.455 e. The van der Waals surface area contributed by atoms with Crippen LogP contribution in [-0.2, 0) is 4.79 Å². The molecule has 0 atom stereocenters. The quantitative estimate of drug-likeness (QED) is 0.606. The third-order valence-electron chi connectivity index (χ3n) is 4.52. The van der Waals surface area contributed by atoms with E-state index in [0.717, 1.165) is 12.8 Å². The number of rotatable bonds is 6. The lowest BCUT2D eigenvalue weighted by Crippen LogP contribution is -2.14. The van der Waals surface area contributed by atoms with Crippen LogP contribution in [0.5, 0.6) is 11.5 Å². The van der Waals surface area contributed by atoms with Crippen molar-refractivity contribution in [1.29, 1.82) is 0 Å². The van der Waals surface area contributed by atoms with Gasteiger partial charge in [-0.05, 0) is 61.4 Å². The smallest absolute Gasteiger partial charge is 0.255 e. The molecular formula is C23H19FN2O3. The highest BCUT2D eigenvalue weighted by molar-refractivity contribution is 6.05. The predicted octanol–water partition coefficient (Wildman–Crippen LogP) is 5.22. The fraction of sp³-hybridized carbons (Fsp3) is 0.130. The van der Waals surface area contributed by atoms with Gasteiger partial charge in [0.1, 0.15) is 11.6 Å². The summed E-state index contributed by atoms with van der Waals surface area (Å²) in [6.07, 6.45) is 1.87. The van der Waals surface area contributed by atoms with E-state index in [1.165, 1.54) is 12.1 Å². The van der Waals surface area contributed by atoms with Crippen LogP contribution < -0.4 is 15.4 Å². The Morgan fingerprint density at radius 2 is 1.66 bits per heavy atom. The van der Waals surface area contributed by atoms with Crippen molar-refractivity contribution >= 4 is 23.2 Å². The van der Waals surface area contributed by atoms with Gasteiger partial charge in [0, 0.05) is 23.2 Å². The average Bonchev–Trinajstić information content (AvgIpc) is 3.55. The lowest BCUT2D eigenvalue weighted by molar-refractivity contribution is -0.117. The van der Waals surface area contributed by atoms with E-state index in [0.29, 0.717) is 28.4 Å². The van der Waals surface area contributed by atoms with Crippen molar-refractivity contribution < 1.29 is 18.7 Å². The molecule has 0 aliphatic heterocycles. The number of hydrogen-bond donors (Lipinski definition) is 2. The summed E-state index contributed by atoms with van der Waals surface area (Å²) in [5.41, 5.74) is 1.57. The fourth-order valence-electron chi connectivity index (χ4n) is 2.81. The van der Waals surface area contributed by atoms with Crippen LogP contribution in [0.4, 0.5) is 15.8 Å². The third kappa shape index (κ3) is 4.79. The number of ether oxygens (including phenoxy) is 1. The molecule has 6 heteroatoms. The van der Waals surface area contributed by atoms with E-state index in [2.05, 4.69) is 10.6 Å². The predicted molar refractivity (Wildman–Crippen MR) is 109 cm³/mol. The first-order valence-corrected chi connectivity index (χ1v) is 9.33. The Balaban J connectivity index is 1.44. The van der Waals surface area contributed by atoms with E-state index in [4.69, 9.17) is 4.74 Å². The van der Waals surface area contributed by atoms with Crippen molar-refractivity contribution in [3.63, 3.8) is 0 Å². The van der Waals surface area contributed by atoms with E-state index in [-0.39, 0.29) is 17.7 Å². The summed E-state index contributed by atoms with van der Waals surface area (Å²) >= 11 is 0. The van der Waals surface area contributed by atoms with Crippen LogP contribution in [0.2, 0.25) is 0 Å². The van der Waals surface area contributed by atoms with Crippen LogP contribution in [0.1, 0.15) is 23.2 Å². The molecule has 0 unspecified atom stereocenters. The number of para-hydroxylation sites is 2. The van der Waals surface area contributed by atoms with Crippen LogP contribution in [0.15, 0.2) is 72.8 Å². The highest BCUT2D eigenvalue weighted by Crippen LogP contribution is 2.31. The molecule has 0 saturated heterocycles. The van der Waals surface area contributed by atoms with Gasteiger partial charge in [0.15, 0.2) is 5.75 Å². The molecule has 2 N–H and O–H groups in total. The Hall–Kier alpha value is -3.67. The molecule has 1 fully saturated rings. The van der Waals surface area contributed by atoms with Crippen LogP contribution in [0, 0.1) is 11.7 Å². The topological polar surface area (TPSA) is 67.4 Å². The first kappa shape index (κ1) is 18.7. The van der Waals surface area contributed by atoms with Crippen molar-refractivity contribution in [2.75, 3.05) is 10.6 Å². The second-order valence-corrected chi connectivity index (χ2v) is 6.85. The van der Waals surface area contributed by atoms with Gasteiger partial charge >= 0.3 is 0 Å². The molecule has 1 aliphatic rings. The molecular weight excluding hydrogens is 371 g/mol. The highest BCUT2D eigenvalue weighted by atomic mass is 19.1. The average molecular weight is 390 g/mol.